The molecule has 0 radical (unpaired) electrons. The fourth-order valence-corrected chi connectivity index (χ4v) is 4.61. The van der Waals surface area contributed by atoms with Crippen molar-refractivity contribution >= 4 is 28.3 Å². The number of urea groups is 1. The van der Waals surface area contributed by atoms with E-state index in [1.165, 1.54) is 37.5 Å². The van der Waals surface area contributed by atoms with Crippen molar-refractivity contribution in [3.63, 3.8) is 0 Å². The summed E-state index contributed by atoms with van der Waals surface area (Å²) in [4.78, 5) is 18.8. The van der Waals surface area contributed by atoms with E-state index in [9.17, 15) is 4.79 Å². The smallest absolute Gasteiger partial charge is 0.489 e. The van der Waals surface area contributed by atoms with Crippen LogP contribution in [0.15, 0.2) is 43.1 Å². The number of carbonyl (C=O) groups excluding carboxylic acids is 1. The van der Waals surface area contributed by atoms with Gasteiger partial charge in [-0.2, -0.15) is 15.2 Å². The summed E-state index contributed by atoms with van der Waals surface area (Å²) in [6, 6.07) is 3.97. The number of carbonyl (C=O) groups is 1. The number of nitrogens with one attached hydrogen (secondary N) is 1. The molecule has 1 N–H and O–H groups in total. The summed E-state index contributed by atoms with van der Waals surface area (Å²) in [5, 5.41) is 8.90. The zero-order valence-corrected chi connectivity index (χ0v) is 21.5. The Morgan fingerprint density at radius 3 is 2.63 bits per heavy atom. The highest BCUT2D eigenvalue weighted by molar-refractivity contribution is 5.98. The second-order valence-corrected chi connectivity index (χ2v) is 10.3. The topological polar surface area (TPSA) is 68.4 Å². The SMILES string of the molecule is C=C/C=C\C(C(C)C)=[N+](\OC)C(=O)Nc1cc2cn(C3CCC(C)CC3)nc2cc1OCC1CC1. The lowest BCUT2D eigenvalue weighted by molar-refractivity contribution is -0.705. The van der Waals surface area contributed by atoms with Crippen molar-refractivity contribution in [1.29, 1.82) is 0 Å². The maximum absolute atomic E-state index is 13.3. The van der Waals surface area contributed by atoms with Crippen molar-refractivity contribution in [2.24, 2.45) is 17.8 Å². The van der Waals surface area contributed by atoms with Crippen LogP contribution in [0.3, 0.4) is 0 Å². The van der Waals surface area contributed by atoms with Crippen LogP contribution in [0, 0.1) is 17.8 Å². The molecule has 2 saturated carbocycles. The first-order chi connectivity index (χ1) is 16.9. The van der Waals surface area contributed by atoms with E-state index in [2.05, 4.69) is 29.7 Å². The molecule has 1 aromatic carbocycles. The first-order valence-electron chi connectivity index (χ1n) is 12.9. The van der Waals surface area contributed by atoms with Gasteiger partial charge in [0, 0.05) is 23.6 Å². The number of hydroxylamine groups is 1. The van der Waals surface area contributed by atoms with Crippen LogP contribution < -0.4 is 10.1 Å². The molecule has 0 atom stereocenters. The summed E-state index contributed by atoms with van der Waals surface area (Å²) in [6.07, 6.45) is 14.6. The Labute approximate surface area is 208 Å². The third-order valence-corrected chi connectivity index (χ3v) is 6.99. The van der Waals surface area contributed by atoms with Crippen molar-refractivity contribution in [3.05, 3.63) is 43.1 Å². The number of nitrogens with zero attached hydrogens (tertiary/aromatic N) is 3. The Bertz CT molecular complexity index is 1120. The average Bonchev–Trinajstić information content (AvgIpc) is 3.58. The van der Waals surface area contributed by atoms with E-state index in [0.29, 0.717) is 30.0 Å². The maximum Gasteiger partial charge on any atom is 0.535 e. The van der Waals surface area contributed by atoms with E-state index in [1.807, 2.05) is 32.1 Å². The quantitative estimate of drug-likeness (QED) is 0.192. The molecule has 2 aliphatic carbocycles. The van der Waals surface area contributed by atoms with Crippen molar-refractivity contribution in [3.8, 4) is 5.75 Å². The molecule has 2 aromatic rings. The number of amides is 2. The lowest BCUT2D eigenvalue weighted by Crippen LogP contribution is -2.32. The minimum atomic E-state index is -0.380. The van der Waals surface area contributed by atoms with Gasteiger partial charge >= 0.3 is 6.03 Å². The van der Waals surface area contributed by atoms with E-state index in [-0.39, 0.29) is 11.9 Å². The zero-order chi connectivity index (χ0) is 24.9. The van der Waals surface area contributed by atoms with Crippen LogP contribution >= 0.6 is 0 Å². The van der Waals surface area contributed by atoms with Crippen LogP contribution in [0.4, 0.5) is 10.5 Å². The molecule has 0 saturated heterocycles. The number of ether oxygens (including phenoxy) is 1. The van der Waals surface area contributed by atoms with Gasteiger partial charge in [-0.25, -0.2) is 0 Å². The molecule has 188 valence electrons. The number of fused-ring (bicyclic) bond motifs is 1. The molecule has 0 bridgehead atoms. The van der Waals surface area contributed by atoms with Crippen LogP contribution in [-0.4, -0.2) is 40.0 Å². The molecule has 2 fully saturated rings. The number of hydrogen-bond acceptors (Lipinski definition) is 4. The Hall–Kier alpha value is -3.09. The van der Waals surface area contributed by atoms with Crippen LogP contribution in [0.1, 0.15) is 65.3 Å². The van der Waals surface area contributed by atoms with Crippen LogP contribution in [-0.2, 0) is 4.84 Å². The van der Waals surface area contributed by atoms with E-state index >= 15 is 0 Å². The van der Waals surface area contributed by atoms with Crippen molar-refractivity contribution in [1.82, 2.24) is 9.78 Å². The summed E-state index contributed by atoms with van der Waals surface area (Å²) in [6.45, 7) is 10.7. The minimum absolute atomic E-state index is 0.0708. The van der Waals surface area contributed by atoms with E-state index in [0.717, 1.165) is 35.4 Å². The highest BCUT2D eigenvalue weighted by Gasteiger charge is 2.28. The number of anilines is 1. The lowest BCUT2D eigenvalue weighted by Gasteiger charge is -2.26. The third kappa shape index (κ3) is 6.13. The molecule has 7 nitrogen and oxygen atoms in total. The summed E-state index contributed by atoms with van der Waals surface area (Å²) < 4.78 is 9.56. The molecule has 2 aliphatic rings. The molecule has 2 amide bonds. The molecule has 35 heavy (non-hydrogen) atoms. The normalized spacial score (nSPS) is 21.3. The summed E-state index contributed by atoms with van der Waals surface area (Å²) in [5.41, 5.74) is 2.24. The monoisotopic (exact) mass is 479 g/mol. The first-order valence-corrected chi connectivity index (χ1v) is 12.9. The molecule has 0 unspecified atom stereocenters. The van der Waals surface area contributed by atoms with Gasteiger partial charge in [-0.05, 0) is 67.2 Å². The van der Waals surface area contributed by atoms with Crippen LogP contribution in [0.25, 0.3) is 10.9 Å². The van der Waals surface area contributed by atoms with Gasteiger partial charge in [-0.1, -0.05) is 39.5 Å². The number of allylic oxidation sites excluding steroid dienone is 3. The Balaban J connectivity index is 1.65. The van der Waals surface area contributed by atoms with E-state index in [4.69, 9.17) is 14.7 Å². The standard InChI is InChI=1S/C28H38N4O3/c1-6-7-8-26(19(2)3)32(34-5)28(33)29-25-15-22-17-31(23-13-9-20(4)10-14-23)30-24(22)16-27(25)35-18-21-11-12-21/h6-8,15-17,19-21,23H,1,9-14,18H2,2-5H3/p+1/b8-7-,32-26-. The fourth-order valence-electron chi connectivity index (χ4n) is 4.61. The number of hydrogen-bond donors (Lipinski definition) is 1. The van der Waals surface area contributed by atoms with Gasteiger partial charge in [0.05, 0.1) is 18.2 Å². The molecular weight excluding hydrogens is 440 g/mol. The molecular formula is C28H39N4O3+. The largest absolute Gasteiger partial charge is 0.535 e. The van der Waals surface area contributed by atoms with Gasteiger partial charge in [0.1, 0.15) is 7.11 Å². The molecule has 1 heterocycles. The second kappa shape index (κ2) is 11.1. The summed E-state index contributed by atoms with van der Waals surface area (Å²) >= 11 is 0. The maximum atomic E-state index is 13.3. The first kappa shape index (κ1) is 25.0. The van der Waals surface area contributed by atoms with Crippen LogP contribution in [0.5, 0.6) is 5.75 Å². The van der Waals surface area contributed by atoms with E-state index in [1.54, 1.807) is 12.2 Å². The predicted molar refractivity (Wildman–Crippen MR) is 140 cm³/mol. The van der Waals surface area contributed by atoms with Gasteiger partial charge < -0.3 is 9.57 Å². The average molecular weight is 480 g/mol. The minimum Gasteiger partial charge on any atom is -0.489 e. The van der Waals surface area contributed by atoms with Crippen molar-refractivity contribution in [2.75, 3.05) is 19.0 Å². The van der Waals surface area contributed by atoms with Crippen molar-refractivity contribution < 1.29 is 19.1 Å². The predicted octanol–water partition coefficient (Wildman–Crippen LogP) is 6.52. The highest BCUT2D eigenvalue weighted by atomic mass is 16.7. The fraction of sp³-hybridized carbons (Fsp3) is 0.536. The lowest BCUT2D eigenvalue weighted by atomic mass is 9.87. The van der Waals surface area contributed by atoms with Gasteiger partial charge in [0.15, 0.2) is 17.1 Å². The Morgan fingerprint density at radius 1 is 1.26 bits per heavy atom. The van der Waals surface area contributed by atoms with Gasteiger partial charge in [0.2, 0.25) is 0 Å². The Morgan fingerprint density at radius 2 is 2.00 bits per heavy atom. The van der Waals surface area contributed by atoms with Crippen LogP contribution in [0.2, 0.25) is 0 Å². The highest BCUT2D eigenvalue weighted by Crippen LogP contribution is 2.36. The molecule has 1 aromatic heterocycles. The molecule has 0 spiro atoms. The van der Waals surface area contributed by atoms with Gasteiger partial charge in [0.25, 0.3) is 0 Å². The summed E-state index contributed by atoms with van der Waals surface area (Å²) in [7, 11) is 1.49. The summed E-state index contributed by atoms with van der Waals surface area (Å²) in [5.74, 6) is 2.10. The Kier molecular flexibility index (Phi) is 7.93. The molecule has 0 aliphatic heterocycles. The number of benzene rings is 1. The number of aromatic nitrogens is 2. The zero-order valence-electron chi connectivity index (χ0n) is 21.5. The number of rotatable bonds is 9. The third-order valence-electron chi connectivity index (χ3n) is 6.99. The van der Waals surface area contributed by atoms with E-state index < -0.39 is 0 Å². The second-order valence-electron chi connectivity index (χ2n) is 10.3. The van der Waals surface area contributed by atoms with Crippen molar-refractivity contribution in [2.45, 2.75) is 65.3 Å². The molecule has 7 heteroatoms. The van der Waals surface area contributed by atoms with Gasteiger partial charge in [-0.15, -0.1) is 0 Å². The van der Waals surface area contributed by atoms with Gasteiger partial charge in [-0.3, -0.25) is 4.68 Å². The molecule has 4 rings (SSSR count).